The molecular formula is C20H35NO4. The van der Waals surface area contributed by atoms with Crippen molar-refractivity contribution in [3.63, 3.8) is 0 Å². The minimum Gasteiger partial charge on any atom is -0.386 e. The van der Waals surface area contributed by atoms with Crippen LogP contribution in [0.4, 0.5) is 0 Å². The Hall–Kier alpha value is -1.49. The Kier molecular flexibility index (Phi) is 16.3. The topological polar surface area (TPSA) is 80.4 Å². The molecule has 0 aromatic rings. The van der Waals surface area contributed by atoms with Gasteiger partial charge in [0.2, 0.25) is 6.04 Å². The lowest BCUT2D eigenvalue weighted by atomic mass is 10.00. The maximum atomic E-state index is 11.2. The number of rotatable bonds is 17. The van der Waals surface area contributed by atoms with Crippen LogP contribution in [0.25, 0.3) is 0 Å². The van der Waals surface area contributed by atoms with E-state index in [1.54, 1.807) is 0 Å². The van der Waals surface area contributed by atoms with Gasteiger partial charge in [-0.05, 0) is 32.1 Å². The average Bonchev–Trinajstić information content (AvgIpc) is 2.59. The molecule has 0 amide bonds. The summed E-state index contributed by atoms with van der Waals surface area (Å²) in [5, 5.41) is 21.2. The Labute approximate surface area is 152 Å². The second kappa shape index (κ2) is 17.3. The summed E-state index contributed by atoms with van der Waals surface area (Å²) in [6.07, 6.45) is 18.2. The number of nitro groups is 1. The maximum Gasteiger partial charge on any atom is 0.238 e. The minimum atomic E-state index is -0.918. The predicted molar refractivity (Wildman–Crippen MR) is 102 cm³/mol. The molecule has 5 nitrogen and oxygen atoms in total. The fraction of sp³-hybridized carbons (Fsp3) is 0.750. The number of allylic oxidation sites excluding steroid dienone is 3. The summed E-state index contributed by atoms with van der Waals surface area (Å²) < 4.78 is 0. The molecule has 0 saturated carbocycles. The number of nitrogens with zero attached hydrogens (tertiary/aromatic N) is 1. The fourth-order valence-electron chi connectivity index (χ4n) is 2.67. The van der Waals surface area contributed by atoms with Gasteiger partial charge in [0, 0.05) is 17.8 Å². The highest BCUT2D eigenvalue weighted by molar-refractivity contribution is 5.48. The molecular weight excluding hydrogens is 318 g/mol. The number of carbonyl (C=O) groups excluding carboxylic acids is 1. The molecule has 5 heteroatoms. The van der Waals surface area contributed by atoms with Crippen LogP contribution >= 0.6 is 0 Å². The first-order valence-corrected chi connectivity index (χ1v) is 9.68. The van der Waals surface area contributed by atoms with Crippen molar-refractivity contribution in [3.05, 3.63) is 34.4 Å². The first kappa shape index (κ1) is 23.5. The quantitative estimate of drug-likeness (QED) is 0.131. The molecule has 0 aromatic carbocycles. The van der Waals surface area contributed by atoms with Gasteiger partial charge in [-0.3, -0.25) is 10.1 Å². The van der Waals surface area contributed by atoms with Gasteiger partial charge in [0.1, 0.15) is 12.4 Å². The molecule has 0 aliphatic carbocycles. The van der Waals surface area contributed by atoms with E-state index in [1.165, 1.54) is 19.3 Å². The second-order valence-electron chi connectivity index (χ2n) is 6.49. The number of unbranched alkanes of at least 4 members (excludes halogenated alkanes) is 7. The van der Waals surface area contributed by atoms with Crippen LogP contribution in [-0.2, 0) is 4.79 Å². The van der Waals surface area contributed by atoms with Crippen LogP contribution < -0.4 is 0 Å². The first-order valence-electron chi connectivity index (χ1n) is 9.68. The molecule has 0 heterocycles. The van der Waals surface area contributed by atoms with Gasteiger partial charge < -0.3 is 9.90 Å². The van der Waals surface area contributed by atoms with Crippen LogP contribution in [0, 0.1) is 10.1 Å². The highest BCUT2D eigenvalue weighted by Gasteiger charge is 2.27. The lowest BCUT2D eigenvalue weighted by Crippen LogP contribution is -2.33. The zero-order chi connectivity index (χ0) is 18.8. The van der Waals surface area contributed by atoms with Crippen molar-refractivity contribution in [2.75, 3.05) is 0 Å². The molecule has 0 bridgehead atoms. The normalized spacial score (nSPS) is 14.2. The van der Waals surface area contributed by atoms with Crippen LogP contribution in [0.1, 0.15) is 84.0 Å². The van der Waals surface area contributed by atoms with E-state index < -0.39 is 12.1 Å². The van der Waals surface area contributed by atoms with E-state index in [-0.39, 0.29) is 4.92 Å². The third-order valence-corrected chi connectivity index (χ3v) is 4.24. The minimum absolute atomic E-state index is 0.320. The fourth-order valence-corrected chi connectivity index (χ4v) is 2.67. The standard InChI is InChI=1S/C20H35NO4/c1-2-3-4-5-10-13-16-19(21(24)25)20(23)17-14-11-8-6-7-9-12-15-18-22/h6-7,11,14,18-20,23H,2-5,8-10,12-13,15-17H2,1H3/b7-6-,14-11-. The first-order chi connectivity index (χ1) is 12.1. The van der Waals surface area contributed by atoms with Gasteiger partial charge in [0.15, 0.2) is 0 Å². The zero-order valence-electron chi connectivity index (χ0n) is 15.6. The number of carbonyl (C=O) groups is 1. The van der Waals surface area contributed by atoms with Gasteiger partial charge in [-0.2, -0.15) is 0 Å². The summed E-state index contributed by atoms with van der Waals surface area (Å²) in [7, 11) is 0. The summed E-state index contributed by atoms with van der Waals surface area (Å²) in [4.78, 5) is 21.0. The number of aldehydes is 1. The van der Waals surface area contributed by atoms with E-state index in [9.17, 15) is 20.0 Å². The van der Waals surface area contributed by atoms with Crippen molar-refractivity contribution in [1.82, 2.24) is 0 Å². The molecule has 0 spiro atoms. The molecule has 0 aliphatic heterocycles. The van der Waals surface area contributed by atoms with Crippen molar-refractivity contribution in [3.8, 4) is 0 Å². The van der Waals surface area contributed by atoms with Crippen LogP contribution in [0.2, 0.25) is 0 Å². The Morgan fingerprint density at radius 1 is 0.960 bits per heavy atom. The van der Waals surface area contributed by atoms with Gasteiger partial charge >= 0.3 is 0 Å². The Balaban J connectivity index is 3.95. The Bertz CT molecular complexity index is 393. The summed E-state index contributed by atoms with van der Waals surface area (Å²) in [5.74, 6) is 0. The Morgan fingerprint density at radius 3 is 2.32 bits per heavy atom. The smallest absolute Gasteiger partial charge is 0.238 e. The SMILES string of the molecule is CCCCCCCCC(C(O)C/C=C\C/C=C\CCCC=O)[N+](=O)[O-]. The van der Waals surface area contributed by atoms with Gasteiger partial charge in [0.25, 0.3) is 0 Å². The number of aliphatic hydroxyl groups is 1. The van der Waals surface area contributed by atoms with Gasteiger partial charge in [0.05, 0.1) is 0 Å². The van der Waals surface area contributed by atoms with Crippen LogP contribution in [0.5, 0.6) is 0 Å². The summed E-state index contributed by atoms with van der Waals surface area (Å²) in [5.41, 5.74) is 0. The summed E-state index contributed by atoms with van der Waals surface area (Å²) >= 11 is 0. The number of hydrogen-bond donors (Lipinski definition) is 1. The monoisotopic (exact) mass is 353 g/mol. The summed E-state index contributed by atoms with van der Waals surface area (Å²) in [6.45, 7) is 2.16. The van der Waals surface area contributed by atoms with E-state index in [0.29, 0.717) is 19.3 Å². The lowest BCUT2D eigenvalue weighted by Gasteiger charge is -2.14. The van der Waals surface area contributed by atoms with E-state index >= 15 is 0 Å². The molecule has 0 radical (unpaired) electrons. The van der Waals surface area contributed by atoms with Gasteiger partial charge in [-0.15, -0.1) is 0 Å². The van der Waals surface area contributed by atoms with E-state index in [4.69, 9.17) is 0 Å². The number of hydrogen-bond acceptors (Lipinski definition) is 4. The molecule has 2 atom stereocenters. The van der Waals surface area contributed by atoms with Crippen molar-refractivity contribution >= 4 is 6.29 Å². The largest absolute Gasteiger partial charge is 0.386 e. The van der Waals surface area contributed by atoms with E-state index in [1.807, 2.05) is 24.3 Å². The third kappa shape index (κ3) is 14.6. The Morgan fingerprint density at radius 2 is 1.64 bits per heavy atom. The van der Waals surface area contributed by atoms with Gasteiger partial charge in [-0.1, -0.05) is 63.3 Å². The predicted octanol–water partition coefficient (Wildman–Crippen LogP) is 5.01. The molecule has 1 N–H and O–H groups in total. The molecule has 25 heavy (non-hydrogen) atoms. The highest BCUT2D eigenvalue weighted by atomic mass is 16.6. The number of aliphatic hydroxyl groups excluding tert-OH is 1. The molecule has 0 fully saturated rings. The van der Waals surface area contributed by atoms with Crippen molar-refractivity contribution in [2.24, 2.45) is 0 Å². The maximum absolute atomic E-state index is 11.2. The van der Waals surface area contributed by atoms with Crippen molar-refractivity contribution in [2.45, 2.75) is 96.1 Å². The average molecular weight is 354 g/mol. The summed E-state index contributed by atoms with van der Waals surface area (Å²) in [6, 6.07) is -0.866. The molecule has 0 aromatic heterocycles. The van der Waals surface area contributed by atoms with Crippen LogP contribution in [-0.4, -0.2) is 28.5 Å². The van der Waals surface area contributed by atoms with E-state index in [0.717, 1.165) is 44.8 Å². The van der Waals surface area contributed by atoms with Crippen molar-refractivity contribution in [1.29, 1.82) is 0 Å². The van der Waals surface area contributed by atoms with Crippen molar-refractivity contribution < 1.29 is 14.8 Å². The molecule has 2 unspecified atom stereocenters. The highest BCUT2D eigenvalue weighted by Crippen LogP contribution is 2.14. The molecule has 0 rings (SSSR count). The lowest BCUT2D eigenvalue weighted by molar-refractivity contribution is -0.535. The zero-order valence-corrected chi connectivity index (χ0v) is 15.6. The molecule has 0 saturated heterocycles. The second-order valence-corrected chi connectivity index (χ2v) is 6.49. The van der Waals surface area contributed by atoms with Crippen LogP contribution in [0.3, 0.4) is 0 Å². The van der Waals surface area contributed by atoms with Crippen LogP contribution in [0.15, 0.2) is 24.3 Å². The third-order valence-electron chi connectivity index (χ3n) is 4.24. The van der Waals surface area contributed by atoms with Gasteiger partial charge in [-0.25, -0.2) is 0 Å². The van der Waals surface area contributed by atoms with E-state index in [2.05, 4.69) is 6.92 Å². The molecule has 0 aliphatic rings. The molecule has 144 valence electrons.